The quantitative estimate of drug-likeness (QED) is 0.138. The molecule has 4 rings (SSSR count). The number of nitrogens with zero attached hydrogens (tertiary/aromatic N) is 1. The molecule has 4 aromatic rings. The smallest absolute Gasteiger partial charge is 0.165 e. The van der Waals surface area contributed by atoms with Crippen LogP contribution in [0, 0.1) is 0 Å². The summed E-state index contributed by atoms with van der Waals surface area (Å²) < 4.78 is 0. The molecule has 0 aliphatic carbocycles. The maximum atomic E-state index is 6.41. The number of benzene rings is 3. The Kier molecular flexibility index (Phi) is 7.75. The molecular formula is C28H32N6. The third-order valence-corrected chi connectivity index (χ3v) is 6.11. The number of nitrogens with two attached hydrogens (primary N) is 3. The van der Waals surface area contributed by atoms with E-state index in [2.05, 4.69) is 82.5 Å². The van der Waals surface area contributed by atoms with E-state index < -0.39 is 0 Å². The highest BCUT2D eigenvalue weighted by molar-refractivity contribution is 5.70. The summed E-state index contributed by atoms with van der Waals surface area (Å²) in [5.41, 5.74) is 21.6. The van der Waals surface area contributed by atoms with Gasteiger partial charge in [0.1, 0.15) is 5.82 Å². The summed E-state index contributed by atoms with van der Waals surface area (Å²) in [6.07, 6.45) is 1.77. The van der Waals surface area contributed by atoms with Gasteiger partial charge in [-0.1, -0.05) is 84.9 Å². The molecule has 0 radical (unpaired) electrons. The Morgan fingerprint density at radius 3 is 2.15 bits per heavy atom. The van der Waals surface area contributed by atoms with E-state index in [9.17, 15) is 0 Å². The van der Waals surface area contributed by atoms with Gasteiger partial charge in [-0.2, -0.15) is 0 Å². The highest BCUT2D eigenvalue weighted by atomic mass is 15.3. The lowest BCUT2D eigenvalue weighted by molar-refractivity contribution is 0.610. The van der Waals surface area contributed by atoms with Gasteiger partial charge in [0, 0.05) is 12.5 Å². The molecule has 34 heavy (non-hydrogen) atoms. The zero-order valence-electron chi connectivity index (χ0n) is 19.2. The van der Waals surface area contributed by atoms with Gasteiger partial charge in [-0.25, -0.2) is 10.8 Å². The number of rotatable bonds is 10. The minimum Gasteiger partial charge on any atom is -0.395 e. The van der Waals surface area contributed by atoms with Crippen LogP contribution in [-0.2, 0) is 13.0 Å². The Labute approximate surface area is 201 Å². The molecule has 1 atom stereocenters. The van der Waals surface area contributed by atoms with Crippen molar-refractivity contribution in [2.75, 3.05) is 23.4 Å². The normalized spacial score (nSPS) is 11.8. The molecule has 0 saturated carbocycles. The van der Waals surface area contributed by atoms with E-state index in [0.29, 0.717) is 17.3 Å². The first kappa shape index (κ1) is 23.3. The van der Waals surface area contributed by atoms with E-state index in [-0.39, 0.29) is 5.92 Å². The van der Waals surface area contributed by atoms with E-state index in [1.54, 1.807) is 0 Å². The minimum atomic E-state index is 0.0608. The van der Waals surface area contributed by atoms with Gasteiger partial charge < -0.3 is 22.2 Å². The van der Waals surface area contributed by atoms with Gasteiger partial charge in [-0.15, -0.1) is 0 Å². The summed E-state index contributed by atoms with van der Waals surface area (Å²) in [5.74, 6) is 6.47. The average molecular weight is 453 g/mol. The molecule has 0 aliphatic rings. The molecule has 0 saturated heterocycles. The molecular weight excluding hydrogens is 420 g/mol. The lowest BCUT2D eigenvalue weighted by Gasteiger charge is -2.22. The first-order chi connectivity index (χ1) is 16.7. The van der Waals surface area contributed by atoms with Crippen molar-refractivity contribution in [2.24, 2.45) is 5.84 Å². The van der Waals surface area contributed by atoms with Crippen molar-refractivity contribution in [1.29, 1.82) is 0 Å². The maximum absolute atomic E-state index is 6.41. The second-order valence-electron chi connectivity index (χ2n) is 8.40. The molecule has 1 unspecified atom stereocenters. The van der Waals surface area contributed by atoms with Crippen molar-refractivity contribution in [3.05, 3.63) is 119 Å². The fraction of sp³-hybridized carbons (Fsp3) is 0.179. The molecule has 0 fully saturated rings. The summed E-state index contributed by atoms with van der Waals surface area (Å²) >= 11 is 0. The summed E-state index contributed by atoms with van der Waals surface area (Å²) in [5, 5.41) is 3.63. The third-order valence-electron chi connectivity index (χ3n) is 6.11. The number of aromatic nitrogens is 1. The number of pyridine rings is 1. The minimum absolute atomic E-state index is 0.0608. The molecule has 1 aromatic heterocycles. The summed E-state index contributed by atoms with van der Waals surface area (Å²) in [6, 6.07) is 31.3. The first-order valence-corrected chi connectivity index (χ1v) is 11.5. The number of anilines is 3. The van der Waals surface area contributed by atoms with Crippen LogP contribution in [0.1, 0.15) is 40.2 Å². The van der Waals surface area contributed by atoms with Crippen LogP contribution in [0.15, 0.2) is 91.0 Å². The van der Waals surface area contributed by atoms with Crippen molar-refractivity contribution in [2.45, 2.75) is 25.3 Å². The van der Waals surface area contributed by atoms with E-state index in [1.807, 2.05) is 24.3 Å². The lowest BCUT2D eigenvalue weighted by atomic mass is 9.87. The van der Waals surface area contributed by atoms with Crippen molar-refractivity contribution in [1.82, 2.24) is 10.3 Å². The van der Waals surface area contributed by atoms with Crippen LogP contribution in [0.3, 0.4) is 0 Å². The molecule has 0 bridgehead atoms. The Balaban J connectivity index is 1.48. The number of nitrogen functional groups attached to an aromatic ring is 3. The van der Waals surface area contributed by atoms with Gasteiger partial charge in [0.25, 0.3) is 0 Å². The SMILES string of the molecule is NNc1nc(N)cc(C(CCNCc2ccccc2Cc2ccccc2)c2ccccc2)c1N. The molecule has 3 aromatic carbocycles. The molecule has 174 valence electrons. The van der Waals surface area contributed by atoms with Gasteiger partial charge in [0.05, 0.1) is 5.69 Å². The molecule has 6 heteroatoms. The number of nitrogens with one attached hydrogen (secondary N) is 2. The molecule has 0 amide bonds. The topological polar surface area (TPSA) is 115 Å². The number of hydrogen-bond acceptors (Lipinski definition) is 6. The van der Waals surface area contributed by atoms with Gasteiger partial charge in [-0.05, 0) is 53.3 Å². The molecule has 0 aliphatic heterocycles. The largest absolute Gasteiger partial charge is 0.395 e. The van der Waals surface area contributed by atoms with Crippen LogP contribution in [0.25, 0.3) is 0 Å². The number of hydrogen-bond donors (Lipinski definition) is 5. The fourth-order valence-corrected chi connectivity index (χ4v) is 4.37. The van der Waals surface area contributed by atoms with Gasteiger partial charge in [0.15, 0.2) is 5.82 Å². The Morgan fingerprint density at radius 1 is 0.794 bits per heavy atom. The number of hydrazine groups is 1. The van der Waals surface area contributed by atoms with Crippen molar-refractivity contribution >= 4 is 17.3 Å². The van der Waals surface area contributed by atoms with Crippen molar-refractivity contribution in [3.8, 4) is 0 Å². The monoisotopic (exact) mass is 452 g/mol. The Hall–Kier alpha value is -3.87. The second kappa shape index (κ2) is 11.3. The Morgan fingerprint density at radius 2 is 1.44 bits per heavy atom. The van der Waals surface area contributed by atoms with Crippen LogP contribution < -0.4 is 28.1 Å². The van der Waals surface area contributed by atoms with Crippen molar-refractivity contribution in [3.63, 3.8) is 0 Å². The highest BCUT2D eigenvalue weighted by Crippen LogP contribution is 2.35. The van der Waals surface area contributed by atoms with E-state index in [4.69, 9.17) is 17.3 Å². The first-order valence-electron chi connectivity index (χ1n) is 11.5. The van der Waals surface area contributed by atoms with Crippen LogP contribution in [0.2, 0.25) is 0 Å². The highest BCUT2D eigenvalue weighted by Gasteiger charge is 2.20. The van der Waals surface area contributed by atoms with Crippen LogP contribution in [0.5, 0.6) is 0 Å². The van der Waals surface area contributed by atoms with Gasteiger partial charge in [0.2, 0.25) is 0 Å². The molecule has 1 heterocycles. The maximum Gasteiger partial charge on any atom is 0.165 e. The summed E-state index contributed by atoms with van der Waals surface area (Å²) in [4.78, 5) is 4.21. The zero-order valence-corrected chi connectivity index (χ0v) is 19.2. The second-order valence-corrected chi connectivity index (χ2v) is 8.40. The van der Waals surface area contributed by atoms with Gasteiger partial charge >= 0.3 is 0 Å². The standard InChI is InChI=1S/C28H32N6/c29-26-18-25(27(30)28(33-26)34-31)24(21-11-5-2-6-12-21)15-16-32-19-23-14-8-7-13-22(23)17-20-9-3-1-4-10-20/h1-14,18,24,32H,15-17,19,30-31H2,(H3,29,33,34). The molecule has 8 N–H and O–H groups in total. The van der Waals surface area contributed by atoms with Crippen LogP contribution >= 0.6 is 0 Å². The van der Waals surface area contributed by atoms with E-state index in [0.717, 1.165) is 31.5 Å². The molecule has 0 spiro atoms. The average Bonchev–Trinajstić information content (AvgIpc) is 2.87. The van der Waals surface area contributed by atoms with Crippen LogP contribution in [-0.4, -0.2) is 11.5 Å². The third kappa shape index (κ3) is 5.73. The van der Waals surface area contributed by atoms with E-state index in [1.165, 1.54) is 22.3 Å². The molecule has 6 nitrogen and oxygen atoms in total. The summed E-state index contributed by atoms with van der Waals surface area (Å²) in [6.45, 7) is 1.61. The van der Waals surface area contributed by atoms with Crippen LogP contribution in [0.4, 0.5) is 17.3 Å². The fourth-order valence-electron chi connectivity index (χ4n) is 4.37. The lowest BCUT2D eigenvalue weighted by Crippen LogP contribution is -2.20. The predicted octanol–water partition coefficient (Wildman–Crippen LogP) is 4.43. The zero-order chi connectivity index (χ0) is 23.8. The summed E-state index contributed by atoms with van der Waals surface area (Å²) in [7, 11) is 0. The predicted molar refractivity (Wildman–Crippen MR) is 141 cm³/mol. The van der Waals surface area contributed by atoms with Crippen molar-refractivity contribution < 1.29 is 0 Å². The van der Waals surface area contributed by atoms with E-state index >= 15 is 0 Å². The van der Waals surface area contributed by atoms with Gasteiger partial charge in [-0.3, -0.25) is 0 Å². The Bertz CT molecular complexity index is 1190.